The number of anilines is 3. The van der Waals surface area contributed by atoms with Crippen molar-refractivity contribution in [2.75, 3.05) is 47.5 Å². The Labute approximate surface area is 212 Å². The normalized spacial score (nSPS) is 13.4. The van der Waals surface area contributed by atoms with E-state index in [1.165, 1.54) is 35.7 Å². The molecule has 2 N–H and O–H groups in total. The molecule has 3 aromatic rings. The van der Waals surface area contributed by atoms with Gasteiger partial charge in [0.1, 0.15) is 0 Å². The molecule has 1 saturated heterocycles. The van der Waals surface area contributed by atoms with Gasteiger partial charge >= 0.3 is 0 Å². The van der Waals surface area contributed by atoms with Crippen LogP contribution in [0.2, 0.25) is 0 Å². The molecule has 2 aromatic carbocycles. The highest BCUT2D eigenvalue weighted by Crippen LogP contribution is 2.24. The van der Waals surface area contributed by atoms with Crippen LogP contribution >= 0.6 is 23.1 Å². The van der Waals surface area contributed by atoms with Crippen molar-refractivity contribution in [1.29, 1.82) is 0 Å². The van der Waals surface area contributed by atoms with Gasteiger partial charge in [0.2, 0.25) is 17.7 Å². The van der Waals surface area contributed by atoms with E-state index in [4.69, 9.17) is 0 Å². The zero-order valence-electron chi connectivity index (χ0n) is 19.4. The van der Waals surface area contributed by atoms with E-state index in [1.54, 1.807) is 24.3 Å². The van der Waals surface area contributed by atoms with Crippen LogP contribution in [0.25, 0.3) is 0 Å². The SMILES string of the molecule is CC(=O)Nc1cccc(NC(=O)CSc2nc(CC(=O)N3CCN(c4ccccc4)CC3)cs2)c1. The molecule has 10 heteroatoms. The molecule has 0 radical (unpaired) electrons. The Kier molecular flexibility index (Phi) is 8.38. The van der Waals surface area contributed by atoms with Crippen LogP contribution < -0.4 is 15.5 Å². The first kappa shape index (κ1) is 24.7. The topological polar surface area (TPSA) is 94.6 Å². The van der Waals surface area contributed by atoms with Gasteiger partial charge < -0.3 is 20.4 Å². The minimum absolute atomic E-state index is 0.0800. The lowest BCUT2D eigenvalue weighted by Gasteiger charge is -2.36. The average molecular weight is 510 g/mol. The van der Waals surface area contributed by atoms with Gasteiger partial charge in [-0.3, -0.25) is 14.4 Å². The summed E-state index contributed by atoms with van der Waals surface area (Å²) in [7, 11) is 0. The Morgan fingerprint density at radius 3 is 2.40 bits per heavy atom. The Morgan fingerprint density at radius 1 is 0.971 bits per heavy atom. The summed E-state index contributed by atoms with van der Waals surface area (Å²) in [4.78, 5) is 45.0. The molecular formula is C25H27N5O3S2. The Bertz CT molecular complexity index is 1180. The molecule has 0 atom stereocenters. The van der Waals surface area contributed by atoms with Crippen LogP contribution in [0.4, 0.5) is 17.1 Å². The molecule has 4 rings (SSSR count). The zero-order valence-corrected chi connectivity index (χ0v) is 21.0. The van der Waals surface area contributed by atoms with Crippen LogP contribution in [0.3, 0.4) is 0 Å². The molecule has 35 heavy (non-hydrogen) atoms. The van der Waals surface area contributed by atoms with Gasteiger partial charge in [-0.25, -0.2) is 4.98 Å². The predicted molar refractivity (Wildman–Crippen MR) is 141 cm³/mol. The second kappa shape index (κ2) is 11.9. The third-order valence-electron chi connectivity index (χ3n) is 5.41. The average Bonchev–Trinajstić information content (AvgIpc) is 3.30. The smallest absolute Gasteiger partial charge is 0.234 e. The van der Waals surface area contributed by atoms with E-state index in [0.29, 0.717) is 24.5 Å². The highest BCUT2D eigenvalue weighted by Gasteiger charge is 2.22. The fourth-order valence-corrected chi connectivity index (χ4v) is 5.40. The minimum Gasteiger partial charge on any atom is -0.368 e. The second-order valence-corrected chi connectivity index (χ2v) is 10.2. The molecule has 182 valence electrons. The van der Waals surface area contributed by atoms with Gasteiger partial charge in [-0.1, -0.05) is 36.0 Å². The van der Waals surface area contributed by atoms with Crippen LogP contribution in [0.5, 0.6) is 0 Å². The summed E-state index contributed by atoms with van der Waals surface area (Å²) in [5, 5.41) is 7.40. The van der Waals surface area contributed by atoms with Crippen molar-refractivity contribution in [3.8, 4) is 0 Å². The molecule has 0 unspecified atom stereocenters. The molecule has 0 spiro atoms. The number of carbonyl (C=O) groups is 3. The maximum atomic E-state index is 12.8. The van der Waals surface area contributed by atoms with Crippen molar-refractivity contribution in [3.05, 3.63) is 65.7 Å². The van der Waals surface area contributed by atoms with Crippen LogP contribution in [-0.4, -0.2) is 59.5 Å². The van der Waals surface area contributed by atoms with Gasteiger partial charge in [-0.05, 0) is 30.3 Å². The van der Waals surface area contributed by atoms with Gasteiger partial charge in [-0.15, -0.1) is 11.3 Å². The number of rotatable bonds is 8. The quantitative estimate of drug-likeness (QED) is 0.450. The lowest BCUT2D eigenvalue weighted by molar-refractivity contribution is -0.130. The number of para-hydroxylation sites is 1. The number of thioether (sulfide) groups is 1. The lowest BCUT2D eigenvalue weighted by Crippen LogP contribution is -2.49. The monoisotopic (exact) mass is 509 g/mol. The number of nitrogens with zero attached hydrogens (tertiary/aromatic N) is 3. The maximum Gasteiger partial charge on any atom is 0.234 e. The van der Waals surface area contributed by atoms with Crippen molar-refractivity contribution < 1.29 is 14.4 Å². The fraction of sp³-hybridized carbons (Fsp3) is 0.280. The molecule has 8 nitrogen and oxygen atoms in total. The summed E-state index contributed by atoms with van der Waals surface area (Å²) in [6.45, 7) is 4.46. The minimum atomic E-state index is -0.170. The van der Waals surface area contributed by atoms with Gasteiger partial charge in [0.25, 0.3) is 0 Å². The van der Waals surface area contributed by atoms with Crippen molar-refractivity contribution in [1.82, 2.24) is 9.88 Å². The number of aromatic nitrogens is 1. The highest BCUT2D eigenvalue weighted by atomic mass is 32.2. The van der Waals surface area contributed by atoms with E-state index in [0.717, 1.165) is 23.1 Å². The van der Waals surface area contributed by atoms with Gasteiger partial charge in [0.05, 0.1) is 17.9 Å². The predicted octanol–water partition coefficient (Wildman–Crippen LogP) is 3.72. The molecule has 1 aliphatic rings. The third-order valence-corrected chi connectivity index (χ3v) is 7.48. The summed E-state index contributed by atoms with van der Waals surface area (Å²) < 4.78 is 0.754. The molecule has 3 amide bonds. The van der Waals surface area contributed by atoms with E-state index in [2.05, 4.69) is 32.7 Å². The maximum absolute atomic E-state index is 12.8. The Hall–Kier alpha value is -3.37. The Balaban J connectivity index is 1.21. The number of amides is 3. The Morgan fingerprint density at radius 2 is 1.69 bits per heavy atom. The molecular weight excluding hydrogens is 482 g/mol. The molecule has 1 fully saturated rings. The van der Waals surface area contributed by atoms with Gasteiger partial charge in [0.15, 0.2) is 4.34 Å². The number of benzene rings is 2. The molecule has 0 saturated carbocycles. The van der Waals surface area contributed by atoms with Gasteiger partial charge in [-0.2, -0.15) is 0 Å². The first-order valence-corrected chi connectivity index (χ1v) is 13.2. The van der Waals surface area contributed by atoms with E-state index < -0.39 is 0 Å². The largest absolute Gasteiger partial charge is 0.368 e. The molecule has 1 aliphatic heterocycles. The number of hydrogen-bond acceptors (Lipinski definition) is 7. The van der Waals surface area contributed by atoms with E-state index >= 15 is 0 Å². The highest BCUT2D eigenvalue weighted by molar-refractivity contribution is 8.01. The summed E-state index contributed by atoms with van der Waals surface area (Å²) in [5.74, 6) is -0.0563. The second-order valence-electron chi connectivity index (χ2n) is 8.08. The number of carbonyl (C=O) groups excluding carboxylic acids is 3. The zero-order chi connectivity index (χ0) is 24.6. The van der Waals surface area contributed by atoms with E-state index in [9.17, 15) is 14.4 Å². The number of hydrogen-bond donors (Lipinski definition) is 2. The van der Waals surface area contributed by atoms with Crippen molar-refractivity contribution in [3.63, 3.8) is 0 Å². The molecule has 0 bridgehead atoms. The molecule has 1 aromatic heterocycles. The standard InChI is InChI=1S/C25H27N5O3S2/c1-18(31)26-19-6-5-7-20(14-19)27-23(32)17-35-25-28-21(16-34-25)15-24(33)30-12-10-29(11-13-30)22-8-3-2-4-9-22/h2-9,14,16H,10-13,15,17H2,1H3,(H,26,31)(H,27,32). The lowest BCUT2D eigenvalue weighted by atomic mass is 10.2. The summed E-state index contributed by atoms with van der Waals surface area (Å²) in [5.41, 5.74) is 3.15. The number of nitrogens with one attached hydrogen (secondary N) is 2. The van der Waals surface area contributed by atoms with Crippen molar-refractivity contribution in [2.45, 2.75) is 17.7 Å². The number of thiazole rings is 1. The number of piperazine rings is 1. The van der Waals surface area contributed by atoms with E-state index in [-0.39, 0.29) is 29.9 Å². The van der Waals surface area contributed by atoms with Gasteiger partial charge in [0, 0.05) is 55.5 Å². The third kappa shape index (κ3) is 7.30. The van der Waals surface area contributed by atoms with Crippen LogP contribution in [0, 0.1) is 0 Å². The summed E-state index contributed by atoms with van der Waals surface area (Å²) in [6.07, 6.45) is 0.268. The van der Waals surface area contributed by atoms with E-state index in [1.807, 2.05) is 28.5 Å². The van der Waals surface area contributed by atoms with Crippen molar-refractivity contribution in [2.24, 2.45) is 0 Å². The van der Waals surface area contributed by atoms with Crippen LogP contribution in [0.1, 0.15) is 12.6 Å². The molecule has 0 aliphatic carbocycles. The van der Waals surface area contributed by atoms with Crippen LogP contribution in [0.15, 0.2) is 64.3 Å². The fourth-order valence-electron chi connectivity index (χ4n) is 3.76. The summed E-state index contributed by atoms with van der Waals surface area (Å²) >= 11 is 2.78. The first-order chi connectivity index (χ1) is 17.0. The van der Waals surface area contributed by atoms with Crippen molar-refractivity contribution >= 4 is 57.9 Å². The first-order valence-electron chi connectivity index (χ1n) is 11.3. The molecule has 2 heterocycles. The summed E-state index contributed by atoms with van der Waals surface area (Å²) in [6, 6.07) is 17.2. The van der Waals surface area contributed by atoms with Crippen LogP contribution in [-0.2, 0) is 20.8 Å².